The number of rotatable bonds is 5. The van der Waals surface area contributed by atoms with Gasteiger partial charge in [-0.25, -0.2) is 8.42 Å². The molecule has 1 atom stereocenters. The molecule has 0 radical (unpaired) electrons. The van der Waals surface area contributed by atoms with Crippen molar-refractivity contribution in [2.45, 2.75) is 69.7 Å². The minimum Gasteiger partial charge on any atom is -0.346 e. The van der Waals surface area contributed by atoms with Crippen molar-refractivity contribution < 1.29 is 13.2 Å². The van der Waals surface area contributed by atoms with Gasteiger partial charge in [0.2, 0.25) is 10.0 Å². The molecule has 1 amide bonds. The number of sulfonamides is 1. The van der Waals surface area contributed by atoms with Crippen LogP contribution in [0.25, 0.3) is 0 Å². The number of hydrogen-bond acceptors (Lipinski definition) is 3. The topological polar surface area (TPSA) is 66.5 Å². The Labute approximate surface area is 197 Å². The van der Waals surface area contributed by atoms with Crippen LogP contribution < -0.4 is 5.32 Å². The molecule has 32 heavy (non-hydrogen) atoms. The van der Waals surface area contributed by atoms with Crippen molar-refractivity contribution >= 4 is 27.5 Å². The van der Waals surface area contributed by atoms with E-state index in [1.807, 2.05) is 19.1 Å². The van der Waals surface area contributed by atoms with E-state index in [1.165, 1.54) is 22.0 Å². The fraction of sp³-hybridized carbons (Fsp3) is 0.480. The molecule has 1 aliphatic heterocycles. The van der Waals surface area contributed by atoms with Crippen LogP contribution in [0.15, 0.2) is 47.4 Å². The SMILES string of the molecule is C[C@@H](NC(=O)c1ccc(Cl)c(S(=O)(=O)N2CCCCCC2)c1)c1ccc(C(C)(C)C)cc1. The molecule has 0 bridgehead atoms. The first-order valence-electron chi connectivity index (χ1n) is 11.2. The van der Waals surface area contributed by atoms with Crippen molar-refractivity contribution in [3.05, 3.63) is 64.2 Å². The fourth-order valence-electron chi connectivity index (χ4n) is 3.90. The molecule has 1 saturated heterocycles. The first-order chi connectivity index (χ1) is 15.0. The van der Waals surface area contributed by atoms with Gasteiger partial charge >= 0.3 is 0 Å². The lowest BCUT2D eigenvalue weighted by Gasteiger charge is -2.22. The molecule has 5 nitrogen and oxygen atoms in total. The molecule has 0 aliphatic carbocycles. The largest absolute Gasteiger partial charge is 0.346 e. The number of carbonyl (C=O) groups excluding carboxylic acids is 1. The molecule has 3 rings (SSSR count). The van der Waals surface area contributed by atoms with Crippen molar-refractivity contribution in [3.63, 3.8) is 0 Å². The smallest absolute Gasteiger partial charge is 0.251 e. The molecule has 2 aromatic carbocycles. The molecule has 0 aromatic heterocycles. The summed E-state index contributed by atoms with van der Waals surface area (Å²) in [5.74, 6) is -0.332. The van der Waals surface area contributed by atoms with E-state index in [0.717, 1.165) is 31.2 Å². The Hall–Kier alpha value is -1.89. The Morgan fingerprint density at radius 1 is 1.00 bits per heavy atom. The highest BCUT2D eigenvalue weighted by atomic mass is 35.5. The van der Waals surface area contributed by atoms with Crippen molar-refractivity contribution in [3.8, 4) is 0 Å². The van der Waals surface area contributed by atoms with Crippen LogP contribution in [0.3, 0.4) is 0 Å². The van der Waals surface area contributed by atoms with Gasteiger partial charge in [0.25, 0.3) is 5.91 Å². The number of nitrogens with zero attached hydrogens (tertiary/aromatic N) is 1. The molecule has 0 saturated carbocycles. The third-order valence-electron chi connectivity index (χ3n) is 6.00. The second-order valence-corrected chi connectivity index (χ2v) is 11.8. The van der Waals surface area contributed by atoms with Crippen molar-refractivity contribution in [2.24, 2.45) is 0 Å². The second kappa shape index (κ2) is 9.94. The van der Waals surface area contributed by atoms with E-state index >= 15 is 0 Å². The van der Waals surface area contributed by atoms with Crippen LogP contribution in [-0.2, 0) is 15.4 Å². The summed E-state index contributed by atoms with van der Waals surface area (Å²) in [5, 5.41) is 3.10. The summed E-state index contributed by atoms with van der Waals surface area (Å²) < 4.78 is 27.9. The van der Waals surface area contributed by atoms with Crippen molar-refractivity contribution in [1.29, 1.82) is 0 Å². The van der Waals surface area contributed by atoms with Crippen molar-refractivity contribution in [2.75, 3.05) is 13.1 Å². The molecular formula is C25H33ClN2O3S. The van der Waals surface area contributed by atoms with Crippen LogP contribution in [0.2, 0.25) is 5.02 Å². The van der Waals surface area contributed by atoms with E-state index in [9.17, 15) is 13.2 Å². The Morgan fingerprint density at radius 2 is 1.59 bits per heavy atom. The standard InChI is InChI=1S/C25H33ClN2O3S/c1-18(19-9-12-21(13-10-19)25(2,3)4)27-24(29)20-11-14-22(26)23(17-20)32(30,31)28-15-7-5-6-8-16-28/h9-14,17-18H,5-8,15-16H2,1-4H3,(H,27,29)/t18-/m1/s1. The molecule has 2 aromatic rings. The van der Waals surface area contributed by atoms with Gasteiger partial charge in [0.05, 0.1) is 11.1 Å². The van der Waals surface area contributed by atoms with E-state index in [1.54, 1.807) is 6.07 Å². The normalized spacial score (nSPS) is 16.9. The lowest BCUT2D eigenvalue weighted by Crippen LogP contribution is -2.32. The predicted molar refractivity (Wildman–Crippen MR) is 130 cm³/mol. The van der Waals surface area contributed by atoms with Gasteiger partial charge in [0, 0.05) is 18.7 Å². The summed E-state index contributed by atoms with van der Waals surface area (Å²) in [6, 6.07) is 12.4. The van der Waals surface area contributed by atoms with Gasteiger partial charge in [-0.05, 0) is 54.5 Å². The van der Waals surface area contributed by atoms with Gasteiger partial charge in [-0.2, -0.15) is 4.31 Å². The van der Waals surface area contributed by atoms with E-state index in [0.29, 0.717) is 13.1 Å². The van der Waals surface area contributed by atoms with Gasteiger partial charge in [0.15, 0.2) is 0 Å². The molecule has 1 heterocycles. The summed E-state index contributed by atoms with van der Waals surface area (Å²) in [7, 11) is -3.75. The summed E-state index contributed by atoms with van der Waals surface area (Å²) in [5.41, 5.74) is 2.54. The highest BCUT2D eigenvalue weighted by Gasteiger charge is 2.28. The van der Waals surface area contributed by atoms with Crippen LogP contribution >= 0.6 is 11.6 Å². The van der Waals surface area contributed by atoms with Crippen molar-refractivity contribution in [1.82, 2.24) is 9.62 Å². The highest BCUT2D eigenvalue weighted by Crippen LogP contribution is 2.28. The van der Waals surface area contributed by atoms with Gasteiger partial charge in [0.1, 0.15) is 4.90 Å². The van der Waals surface area contributed by atoms with E-state index in [-0.39, 0.29) is 32.8 Å². The number of nitrogens with one attached hydrogen (secondary N) is 1. The summed E-state index contributed by atoms with van der Waals surface area (Å²) >= 11 is 6.26. The molecule has 1 N–H and O–H groups in total. The molecule has 174 valence electrons. The van der Waals surface area contributed by atoms with E-state index < -0.39 is 10.0 Å². The highest BCUT2D eigenvalue weighted by molar-refractivity contribution is 7.89. The third-order valence-corrected chi connectivity index (χ3v) is 8.38. The van der Waals surface area contributed by atoms with Crippen LogP contribution in [0.4, 0.5) is 0 Å². The first kappa shape index (κ1) is 24.7. The average Bonchev–Trinajstić information content (AvgIpc) is 3.03. The maximum atomic E-state index is 13.2. The lowest BCUT2D eigenvalue weighted by atomic mass is 9.86. The number of halogens is 1. The second-order valence-electron chi connectivity index (χ2n) is 9.53. The minimum atomic E-state index is -3.75. The van der Waals surface area contributed by atoms with Crippen LogP contribution in [0, 0.1) is 0 Å². The predicted octanol–water partition coefficient (Wildman–Crippen LogP) is 5.69. The van der Waals surface area contributed by atoms with Crippen LogP contribution in [0.5, 0.6) is 0 Å². The summed E-state index contributed by atoms with van der Waals surface area (Å²) in [4.78, 5) is 12.9. The first-order valence-corrected chi connectivity index (χ1v) is 13.0. The summed E-state index contributed by atoms with van der Waals surface area (Å²) in [6.45, 7) is 9.35. The van der Waals surface area contributed by atoms with Gasteiger partial charge < -0.3 is 5.32 Å². The maximum absolute atomic E-state index is 13.2. The quantitative estimate of drug-likeness (QED) is 0.602. The minimum absolute atomic E-state index is 0.00380. The number of hydrogen-bond donors (Lipinski definition) is 1. The number of benzene rings is 2. The Bertz CT molecular complexity index is 1050. The monoisotopic (exact) mass is 476 g/mol. The third kappa shape index (κ3) is 5.72. The molecule has 1 fully saturated rings. The van der Waals surface area contributed by atoms with Crippen LogP contribution in [-0.4, -0.2) is 31.7 Å². The lowest BCUT2D eigenvalue weighted by molar-refractivity contribution is 0.0939. The van der Waals surface area contributed by atoms with Gasteiger partial charge in [-0.15, -0.1) is 0 Å². The molecular weight excluding hydrogens is 444 g/mol. The summed E-state index contributed by atoms with van der Waals surface area (Å²) in [6.07, 6.45) is 3.72. The Balaban J connectivity index is 1.79. The molecule has 1 aliphatic rings. The average molecular weight is 477 g/mol. The van der Waals surface area contributed by atoms with Gasteiger partial charge in [-0.1, -0.05) is 69.5 Å². The van der Waals surface area contributed by atoms with Gasteiger partial charge in [-0.3, -0.25) is 4.79 Å². The van der Waals surface area contributed by atoms with E-state index in [4.69, 9.17) is 11.6 Å². The Morgan fingerprint density at radius 3 is 2.16 bits per heavy atom. The van der Waals surface area contributed by atoms with Crippen LogP contribution in [0.1, 0.15) is 80.9 Å². The fourth-order valence-corrected chi connectivity index (χ4v) is 5.92. The molecule has 0 unspecified atom stereocenters. The zero-order valence-electron chi connectivity index (χ0n) is 19.3. The molecule has 7 heteroatoms. The zero-order valence-corrected chi connectivity index (χ0v) is 20.9. The number of carbonyl (C=O) groups is 1. The molecule has 0 spiro atoms. The van der Waals surface area contributed by atoms with E-state index in [2.05, 4.69) is 38.2 Å². The Kier molecular flexibility index (Phi) is 7.69. The number of amides is 1. The maximum Gasteiger partial charge on any atom is 0.251 e. The zero-order chi connectivity index (χ0) is 23.5.